The van der Waals surface area contributed by atoms with Crippen molar-refractivity contribution in [1.29, 1.82) is 0 Å². The molecule has 7 nitrogen and oxygen atoms in total. The van der Waals surface area contributed by atoms with E-state index in [-0.39, 0.29) is 5.56 Å². The number of rotatable bonds is 7. The minimum atomic E-state index is -0.110. The average molecular weight is 490 g/mol. The van der Waals surface area contributed by atoms with Gasteiger partial charge in [0, 0.05) is 5.56 Å². The minimum absolute atomic E-state index is 0.110. The number of nitrogens with zero attached hydrogens (tertiary/aromatic N) is 4. The molecule has 0 fully saturated rings. The lowest BCUT2D eigenvalue weighted by molar-refractivity contribution is 0.415. The number of thioether (sulfide) groups is 1. The average Bonchev–Trinajstić information content (AvgIpc) is 3.50. The highest BCUT2D eigenvalue weighted by atomic mass is 32.2. The van der Waals surface area contributed by atoms with Gasteiger partial charge in [-0.2, -0.15) is 0 Å². The van der Waals surface area contributed by atoms with Gasteiger partial charge in [0.15, 0.2) is 11.0 Å². The molecule has 0 aliphatic heterocycles. The van der Waals surface area contributed by atoms with E-state index in [0.29, 0.717) is 22.2 Å². The van der Waals surface area contributed by atoms with Crippen LogP contribution in [0.3, 0.4) is 0 Å². The Labute approximate surface area is 204 Å². The van der Waals surface area contributed by atoms with Gasteiger partial charge in [-0.15, -0.1) is 21.5 Å². The van der Waals surface area contributed by atoms with Crippen LogP contribution in [-0.4, -0.2) is 31.8 Å². The topological polar surface area (TPSA) is 85.7 Å². The summed E-state index contributed by atoms with van der Waals surface area (Å²) in [7, 11) is 1.65. The zero-order valence-electron chi connectivity index (χ0n) is 19.0. The smallest absolute Gasteiger partial charge is 0.268 e. The van der Waals surface area contributed by atoms with E-state index in [1.165, 1.54) is 28.7 Å². The fraction of sp³-hybridized carbons (Fsp3) is 0.200. The van der Waals surface area contributed by atoms with Crippen LogP contribution in [0.2, 0.25) is 0 Å². The molecule has 0 radical (unpaired) electrons. The summed E-state index contributed by atoms with van der Waals surface area (Å²) in [5.74, 6) is 2.92. The summed E-state index contributed by atoms with van der Waals surface area (Å²) in [5.41, 5.74) is 3.77. The van der Waals surface area contributed by atoms with Crippen LogP contribution in [0.25, 0.3) is 27.3 Å². The van der Waals surface area contributed by atoms with Gasteiger partial charge >= 0.3 is 0 Å². The van der Waals surface area contributed by atoms with Gasteiger partial charge < -0.3 is 9.72 Å². The summed E-state index contributed by atoms with van der Waals surface area (Å²) in [6.45, 7) is 4.35. The predicted octanol–water partition coefficient (Wildman–Crippen LogP) is 5.66. The van der Waals surface area contributed by atoms with Crippen LogP contribution in [0.4, 0.5) is 0 Å². The van der Waals surface area contributed by atoms with Crippen molar-refractivity contribution >= 4 is 33.3 Å². The quantitative estimate of drug-likeness (QED) is 0.297. The van der Waals surface area contributed by atoms with Gasteiger partial charge in [0.25, 0.3) is 5.56 Å². The lowest BCUT2D eigenvalue weighted by Gasteiger charge is -2.17. The van der Waals surface area contributed by atoms with Crippen molar-refractivity contribution in [2.75, 3.05) is 7.11 Å². The number of fused-ring (bicyclic) bond motifs is 1. The number of methoxy groups -OCH3 is 1. The monoisotopic (exact) mass is 489 g/mol. The van der Waals surface area contributed by atoms with Crippen molar-refractivity contribution in [2.24, 2.45) is 0 Å². The summed E-state index contributed by atoms with van der Waals surface area (Å²) in [6, 6.07) is 18.0. The van der Waals surface area contributed by atoms with Crippen molar-refractivity contribution in [3.05, 3.63) is 81.7 Å². The van der Waals surface area contributed by atoms with E-state index in [1.807, 2.05) is 47.8 Å². The van der Waals surface area contributed by atoms with Gasteiger partial charge in [0.2, 0.25) is 0 Å². The third kappa shape index (κ3) is 4.24. The number of para-hydroxylation sites is 1. The van der Waals surface area contributed by atoms with Crippen molar-refractivity contribution in [2.45, 2.75) is 30.7 Å². The minimum Gasteiger partial charge on any atom is -0.497 e. The molecule has 34 heavy (non-hydrogen) atoms. The van der Waals surface area contributed by atoms with Gasteiger partial charge in [-0.25, -0.2) is 4.98 Å². The van der Waals surface area contributed by atoms with Gasteiger partial charge in [-0.05, 0) is 53.3 Å². The molecule has 0 saturated heterocycles. The van der Waals surface area contributed by atoms with E-state index >= 15 is 0 Å². The van der Waals surface area contributed by atoms with Crippen LogP contribution in [0.15, 0.2) is 69.9 Å². The Hall–Kier alpha value is -3.43. The molecule has 9 heteroatoms. The Kier molecular flexibility index (Phi) is 6.21. The summed E-state index contributed by atoms with van der Waals surface area (Å²) in [5, 5.41) is 11.7. The SMILES string of the molecule is COc1ccc(-c2nnc(SCc3nc4ccsc4c(=O)[nH]3)n2-c2ccccc2C(C)C)cc1. The number of thiophene rings is 1. The molecule has 0 unspecified atom stereocenters. The van der Waals surface area contributed by atoms with E-state index < -0.39 is 0 Å². The molecule has 0 amide bonds. The number of benzene rings is 2. The highest BCUT2D eigenvalue weighted by molar-refractivity contribution is 7.98. The van der Waals surface area contributed by atoms with Gasteiger partial charge in [-0.1, -0.05) is 43.8 Å². The maximum absolute atomic E-state index is 12.4. The lowest BCUT2D eigenvalue weighted by Crippen LogP contribution is -2.10. The molecule has 1 N–H and O–H groups in total. The number of ether oxygens (including phenoxy) is 1. The largest absolute Gasteiger partial charge is 0.497 e. The molecule has 5 aromatic rings. The van der Waals surface area contributed by atoms with E-state index in [1.54, 1.807) is 7.11 Å². The molecule has 0 aliphatic rings. The lowest BCUT2D eigenvalue weighted by atomic mass is 10.0. The van der Waals surface area contributed by atoms with E-state index in [0.717, 1.165) is 33.5 Å². The first-order chi connectivity index (χ1) is 16.5. The fourth-order valence-electron chi connectivity index (χ4n) is 3.81. The van der Waals surface area contributed by atoms with Crippen molar-refractivity contribution in [3.8, 4) is 22.8 Å². The first kappa shape index (κ1) is 22.4. The molecule has 0 atom stereocenters. The molecule has 5 rings (SSSR count). The Morgan fingerprint density at radius 1 is 1.09 bits per heavy atom. The highest BCUT2D eigenvalue weighted by Crippen LogP contribution is 2.33. The first-order valence-corrected chi connectivity index (χ1v) is 12.7. The van der Waals surface area contributed by atoms with Crippen molar-refractivity contribution in [1.82, 2.24) is 24.7 Å². The number of H-pyrrole nitrogens is 1. The fourth-order valence-corrected chi connectivity index (χ4v) is 5.35. The molecular weight excluding hydrogens is 466 g/mol. The van der Waals surface area contributed by atoms with E-state index in [4.69, 9.17) is 4.74 Å². The Balaban J connectivity index is 1.58. The van der Waals surface area contributed by atoms with Crippen LogP contribution in [0, 0.1) is 0 Å². The molecular formula is C25H23N5O2S2. The van der Waals surface area contributed by atoms with Gasteiger partial charge in [0.1, 0.15) is 16.3 Å². The summed E-state index contributed by atoms with van der Waals surface area (Å²) < 4.78 is 8.04. The summed E-state index contributed by atoms with van der Waals surface area (Å²) in [4.78, 5) is 19.9. The maximum Gasteiger partial charge on any atom is 0.268 e. The predicted molar refractivity (Wildman–Crippen MR) is 137 cm³/mol. The Morgan fingerprint density at radius 2 is 1.88 bits per heavy atom. The normalized spacial score (nSPS) is 11.4. The molecule has 0 bridgehead atoms. The molecule has 2 aromatic carbocycles. The number of aromatic nitrogens is 5. The van der Waals surface area contributed by atoms with E-state index in [2.05, 4.69) is 50.7 Å². The second kappa shape index (κ2) is 9.44. The molecule has 172 valence electrons. The second-order valence-corrected chi connectivity index (χ2v) is 9.88. The standard InChI is InChI=1S/C25H23N5O2S2/c1-15(2)18-6-4-5-7-20(18)30-23(16-8-10-17(32-3)11-9-16)28-29-25(30)34-14-21-26-19-12-13-33-22(19)24(31)27-21/h4-13,15H,14H2,1-3H3,(H,26,27,31). The number of nitrogens with one attached hydrogen (secondary N) is 1. The van der Waals surface area contributed by atoms with Crippen LogP contribution in [-0.2, 0) is 5.75 Å². The van der Waals surface area contributed by atoms with Crippen LogP contribution in [0.5, 0.6) is 5.75 Å². The van der Waals surface area contributed by atoms with Crippen molar-refractivity contribution in [3.63, 3.8) is 0 Å². The number of aromatic amines is 1. The maximum atomic E-state index is 12.4. The molecule has 3 aromatic heterocycles. The number of hydrogen-bond donors (Lipinski definition) is 1. The molecule has 3 heterocycles. The van der Waals surface area contributed by atoms with Crippen LogP contribution >= 0.6 is 23.1 Å². The Bertz CT molecular complexity index is 1500. The van der Waals surface area contributed by atoms with Gasteiger partial charge in [-0.3, -0.25) is 9.36 Å². The second-order valence-electron chi connectivity index (χ2n) is 8.02. The third-order valence-corrected chi connectivity index (χ3v) is 7.33. The van der Waals surface area contributed by atoms with Crippen molar-refractivity contribution < 1.29 is 4.74 Å². The third-order valence-electron chi connectivity index (χ3n) is 5.48. The molecule has 0 aliphatic carbocycles. The molecule has 0 spiro atoms. The van der Waals surface area contributed by atoms with Gasteiger partial charge in [0.05, 0.1) is 24.1 Å². The summed E-state index contributed by atoms with van der Waals surface area (Å²) in [6.07, 6.45) is 0. The first-order valence-electron chi connectivity index (χ1n) is 10.8. The van der Waals surface area contributed by atoms with Crippen LogP contribution < -0.4 is 10.3 Å². The van der Waals surface area contributed by atoms with Crippen LogP contribution in [0.1, 0.15) is 31.2 Å². The zero-order valence-corrected chi connectivity index (χ0v) is 20.6. The summed E-state index contributed by atoms with van der Waals surface area (Å²) >= 11 is 2.89. The van der Waals surface area contributed by atoms with E-state index in [9.17, 15) is 4.79 Å². The Morgan fingerprint density at radius 3 is 2.65 bits per heavy atom. The number of hydrogen-bond acceptors (Lipinski definition) is 7. The zero-order chi connectivity index (χ0) is 23.7. The highest BCUT2D eigenvalue weighted by Gasteiger charge is 2.20. The molecule has 0 saturated carbocycles.